The number of hydrogen-bond acceptors (Lipinski definition) is 2. The number of aliphatic hydroxyl groups is 1. The lowest BCUT2D eigenvalue weighted by atomic mass is 10.3. The summed E-state index contributed by atoms with van der Waals surface area (Å²) in [5, 5.41) is 9.56. The Morgan fingerprint density at radius 1 is 1.23 bits per heavy atom. The summed E-state index contributed by atoms with van der Waals surface area (Å²) in [6, 6.07) is 10.2. The fraction of sp³-hybridized carbons (Fsp3) is 0.273. The molecule has 0 heterocycles. The second-order valence-electron chi connectivity index (χ2n) is 3.11. The highest BCUT2D eigenvalue weighted by Crippen LogP contribution is 2.34. The third-order valence-corrected chi connectivity index (χ3v) is 3.28. The Hall–Kier alpha value is -0.730. The molecule has 1 aromatic carbocycles. The number of rotatable bonds is 2. The Morgan fingerprint density at radius 3 is 2.62 bits per heavy atom. The zero-order valence-corrected chi connectivity index (χ0v) is 8.13. The molecule has 0 unspecified atom stereocenters. The van der Waals surface area contributed by atoms with Gasteiger partial charge in [0, 0.05) is 9.80 Å². The minimum atomic E-state index is -0.231. The van der Waals surface area contributed by atoms with Crippen molar-refractivity contribution in [1.82, 2.24) is 0 Å². The van der Waals surface area contributed by atoms with E-state index in [9.17, 15) is 5.11 Å². The number of hydrogen-bond donors (Lipinski definition) is 1. The fourth-order valence-electron chi connectivity index (χ4n) is 1.40. The second kappa shape index (κ2) is 3.99. The molecule has 0 amide bonds. The van der Waals surface area contributed by atoms with Gasteiger partial charge < -0.3 is 5.11 Å². The van der Waals surface area contributed by atoms with Crippen molar-refractivity contribution in [2.24, 2.45) is 0 Å². The summed E-state index contributed by atoms with van der Waals surface area (Å²) in [5.74, 6) is 0. The molecule has 0 saturated carbocycles. The summed E-state index contributed by atoms with van der Waals surface area (Å²) >= 11 is 1.67. The Labute approximate surface area is 82.5 Å². The molecule has 0 aromatic heterocycles. The zero-order valence-electron chi connectivity index (χ0n) is 7.31. The van der Waals surface area contributed by atoms with Crippen molar-refractivity contribution in [3.05, 3.63) is 41.3 Å². The molecule has 0 bridgehead atoms. The van der Waals surface area contributed by atoms with Crippen molar-refractivity contribution in [2.45, 2.75) is 23.8 Å². The first-order chi connectivity index (χ1) is 6.36. The fourth-order valence-corrected chi connectivity index (χ4v) is 2.42. The maximum absolute atomic E-state index is 9.56. The van der Waals surface area contributed by atoms with E-state index in [2.05, 4.69) is 18.2 Å². The van der Waals surface area contributed by atoms with Gasteiger partial charge in [-0.25, -0.2) is 0 Å². The molecule has 0 saturated heterocycles. The maximum atomic E-state index is 9.56. The molecule has 0 aliphatic heterocycles. The van der Waals surface area contributed by atoms with Gasteiger partial charge in [0.2, 0.25) is 0 Å². The van der Waals surface area contributed by atoms with Gasteiger partial charge in [0.05, 0.1) is 6.10 Å². The first-order valence-corrected chi connectivity index (χ1v) is 5.29. The number of thioether (sulfide) groups is 1. The van der Waals surface area contributed by atoms with Gasteiger partial charge in [-0.3, -0.25) is 0 Å². The summed E-state index contributed by atoms with van der Waals surface area (Å²) in [6.45, 7) is 0. The van der Waals surface area contributed by atoms with Crippen molar-refractivity contribution < 1.29 is 5.11 Å². The SMILES string of the molecule is O[C@H]1CCC=C1Sc1ccccc1. The summed E-state index contributed by atoms with van der Waals surface area (Å²) in [4.78, 5) is 2.31. The van der Waals surface area contributed by atoms with Crippen LogP contribution in [0.25, 0.3) is 0 Å². The van der Waals surface area contributed by atoms with Crippen molar-refractivity contribution in [3.63, 3.8) is 0 Å². The predicted octanol–water partition coefficient (Wildman–Crippen LogP) is 2.82. The first-order valence-electron chi connectivity index (χ1n) is 4.47. The molecule has 68 valence electrons. The average molecular weight is 192 g/mol. The van der Waals surface area contributed by atoms with Crippen LogP contribution in [0, 0.1) is 0 Å². The Kier molecular flexibility index (Phi) is 2.71. The van der Waals surface area contributed by atoms with Crippen LogP contribution in [0.4, 0.5) is 0 Å². The number of aliphatic hydroxyl groups excluding tert-OH is 1. The summed E-state index contributed by atoms with van der Waals surface area (Å²) < 4.78 is 0. The third kappa shape index (κ3) is 2.14. The molecule has 1 nitrogen and oxygen atoms in total. The van der Waals surface area contributed by atoms with E-state index in [1.165, 1.54) is 4.90 Å². The molecule has 0 radical (unpaired) electrons. The van der Waals surface area contributed by atoms with Crippen LogP contribution in [0.3, 0.4) is 0 Å². The van der Waals surface area contributed by atoms with Crippen LogP contribution in [-0.2, 0) is 0 Å². The maximum Gasteiger partial charge on any atom is 0.0851 e. The molecule has 0 fully saturated rings. The van der Waals surface area contributed by atoms with Crippen molar-refractivity contribution >= 4 is 11.8 Å². The van der Waals surface area contributed by atoms with Crippen LogP contribution >= 0.6 is 11.8 Å². The monoisotopic (exact) mass is 192 g/mol. The van der Waals surface area contributed by atoms with E-state index in [4.69, 9.17) is 0 Å². The largest absolute Gasteiger partial charge is 0.388 e. The number of allylic oxidation sites excluding steroid dienone is 1. The van der Waals surface area contributed by atoms with Gasteiger partial charge in [0.1, 0.15) is 0 Å². The summed E-state index contributed by atoms with van der Waals surface area (Å²) in [7, 11) is 0. The van der Waals surface area contributed by atoms with E-state index in [0.717, 1.165) is 17.7 Å². The van der Waals surface area contributed by atoms with E-state index < -0.39 is 0 Å². The topological polar surface area (TPSA) is 20.2 Å². The van der Waals surface area contributed by atoms with Gasteiger partial charge in [-0.05, 0) is 25.0 Å². The van der Waals surface area contributed by atoms with Gasteiger partial charge in [-0.1, -0.05) is 36.0 Å². The summed E-state index contributed by atoms with van der Waals surface area (Å²) in [5.41, 5.74) is 0. The van der Waals surface area contributed by atoms with Gasteiger partial charge in [-0.2, -0.15) is 0 Å². The minimum absolute atomic E-state index is 0.231. The predicted molar refractivity (Wildman–Crippen MR) is 55.6 cm³/mol. The highest BCUT2D eigenvalue weighted by atomic mass is 32.2. The molecular formula is C11H12OS. The molecule has 1 atom stereocenters. The van der Waals surface area contributed by atoms with Crippen molar-refractivity contribution in [2.75, 3.05) is 0 Å². The highest BCUT2D eigenvalue weighted by molar-refractivity contribution is 8.03. The molecule has 2 rings (SSSR count). The zero-order chi connectivity index (χ0) is 9.10. The smallest absolute Gasteiger partial charge is 0.0851 e. The van der Waals surface area contributed by atoms with Crippen molar-refractivity contribution in [3.8, 4) is 0 Å². The molecule has 1 aliphatic rings. The van der Waals surface area contributed by atoms with E-state index in [0.29, 0.717) is 0 Å². The average Bonchev–Trinajstić information content (AvgIpc) is 2.54. The lowest BCUT2D eigenvalue weighted by Crippen LogP contribution is -2.00. The first kappa shape index (κ1) is 8.85. The quantitative estimate of drug-likeness (QED) is 0.777. The van der Waals surface area contributed by atoms with Gasteiger partial charge in [0.25, 0.3) is 0 Å². The van der Waals surface area contributed by atoms with Crippen LogP contribution in [0.15, 0.2) is 46.2 Å². The lowest BCUT2D eigenvalue weighted by molar-refractivity contribution is 0.219. The highest BCUT2D eigenvalue weighted by Gasteiger charge is 2.16. The molecule has 2 heteroatoms. The van der Waals surface area contributed by atoms with E-state index >= 15 is 0 Å². The third-order valence-electron chi connectivity index (χ3n) is 2.09. The van der Waals surface area contributed by atoms with Crippen LogP contribution in [-0.4, -0.2) is 11.2 Å². The van der Waals surface area contributed by atoms with Gasteiger partial charge in [-0.15, -0.1) is 0 Å². The van der Waals surface area contributed by atoms with Crippen LogP contribution < -0.4 is 0 Å². The van der Waals surface area contributed by atoms with Gasteiger partial charge >= 0.3 is 0 Å². The van der Waals surface area contributed by atoms with E-state index in [1.54, 1.807) is 11.8 Å². The second-order valence-corrected chi connectivity index (χ2v) is 4.26. The minimum Gasteiger partial charge on any atom is -0.388 e. The Bertz CT molecular complexity index is 305. The summed E-state index contributed by atoms with van der Waals surface area (Å²) in [6.07, 6.45) is 3.79. The normalized spacial score (nSPS) is 21.6. The Morgan fingerprint density at radius 2 is 2.00 bits per heavy atom. The standard InChI is InChI=1S/C11H12OS/c12-10-7-4-8-11(10)13-9-5-2-1-3-6-9/h1-3,5-6,8,10,12H,4,7H2/t10-/m0/s1. The Balaban J connectivity index is 2.06. The lowest BCUT2D eigenvalue weighted by Gasteiger charge is -2.06. The van der Waals surface area contributed by atoms with Crippen LogP contribution in [0.2, 0.25) is 0 Å². The number of benzene rings is 1. The van der Waals surface area contributed by atoms with E-state index in [-0.39, 0.29) is 6.10 Å². The molecule has 1 N–H and O–H groups in total. The molecule has 1 aliphatic carbocycles. The van der Waals surface area contributed by atoms with E-state index in [1.807, 2.05) is 18.2 Å². The van der Waals surface area contributed by atoms with Crippen LogP contribution in [0.1, 0.15) is 12.8 Å². The molecule has 13 heavy (non-hydrogen) atoms. The van der Waals surface area contributed by atoms with Gasteiger partial charge in [0.15, 0.2) is 0 Å². The van der Waals surface area contributed by atoms with Crippen molar-refractivity contribution in [1.29, 1.82) is 0 Å². The van der Waals surface area contributed by atoms with Crippen LogP contribution in [0.5, 0.6) is 0 Å². The molecule has 1 aromatic rings. The molecule has 0 spiro atoms. The molecular weight excluding hydrogens is 180 g/mol.